The number of thioether (sulfide) groups is 1. The van der Waals surface area contributed by atoms with E-state index in [-0.39, 0.29) is 12.4 Å². The van der Waals surface area contributed by atoms with Gasteiger partial charge in [0.25, 0.3) is 0 Å². The SMILES string of the molecule is O=C1/C(=C/c2ccc(CO)o2)Sc2ccccc21. The first-order valence-corrected chi connectivity index (χ1v) is 6.32. The average Bonchev–Trinajstić information content (AvgIpc) is 2.97. The summed E-state index contributed by atoms with van der Waals surface area (Å²) in [6.45, 7) is -0.134. The molecular weight excluding hydrogens is 248 g/mol. The summed E-state index contributed by atoms with van der Waals surface area (Å²) < 4.78 is 5.35. The Balaban J connectivity index is 1.94. The number of hydrogen-bond acceptors (Lipinski definition) is 4. The van der Waals surface area contributed by atoms with Crippen LogP contribution in [-0.4, -0.2) is 10.9 Å². The molecule has 0 bridgehead atoms. The second kappa shape index (κ2) is 4.48. The number of aliphatic hydroxyl groups is 1. The number of Topliss-reactive ketones (excluding diaryl/α,β-unsaturated/α-hetero) is 1. The molecule has 90 valence electrons. The van der Waals surface area contributed by atoms with Crippen LogP contribution in [0.25, 0.3) is 6.08 Å². The van der Waals surface area contributed by atoms with Crippen molar-refractivity contribution in [3.8, 4) is 0 Å². The third-order valence-electron chi connectivity index (χ3n) is 2.69. The first-order chi connectivity index (χ1) is 8.78. The highest BCUT2D eigenvalue weighted by molar-refractivity contribution is 8.04. The number of allylic oxidation sites excluding steroid dienone is 1. The summed E-state index contributed by atoms with van der Waals surface area (Å²) in [4.78, 5) is 13.7. The van der Waals surface area contributed by atoms with Gasteiger partial charge in [-0.2, -0.15) is 0 Å². The molecule has 18 heavy (non-hydrogen) atoms. The molecule has 0 amide bonds. The predicted octanol–water partition coefficient (Wildman–Crippen LogP) is 3.10. The zero-order valence-electron chi connectivity index (χ0n) is 9.42. The molecular formula is C14H10O3S. The van der Waals surface area contributed by atoms with Gasteiger partial charge in [0.05, 0.1) is 4.91 Å². The van der Waals surface area contributed by atoms with Crippen LogP contribution < -0.4 is 0 Å². The molecule has 3 nitrogen and oxygen atoms in total. The molecule has 0 saturated heterocycles. The van der Waals surface area contributed by atoms with Crippen LogP contribution in [0.1, 0.15) is 21.9 Å². The molecule has 0 fully saturated rings. The lowest BCUT2D eigenvalue weighted by atomic mass is 10.1. The van der Waals surface area contributed by atoms with Crippen molar-refractivity contribution in [3.63, 3.8) is 0 Å². The van der Waals surface area contributed by atoms with Crippen LogP contribution in [0.5, 0.6) is 0 Å². The van der Waals surface area contributed by atoms with Crippen molar-refractivity contribution in [2.75, 3.05) is 0 Å². The molecule has 0 spiro atoms. The minimum absolute atomic E-state index is 0.0255. The van der Waals surface area contributed by atoms with Gasteiger partial charge in [0.1, 0.15) is 18.1 Å². The summed E-state index contributed by atoms with van der Waals surface area (Å²) in [6.07, 6.45) is 1.71. The van der Waals surface area contributed by atoms with Gasteiger partial charge in [0, 0.05) is 10.5 Å². The van der Waals surface area contributed by atoms with E-state index in [9.17, 15) is 4.79 Å². The molecule has 3 rings (SSSR count). The number of carbonyl (C=O) groups is 1. The molecule has 4 heteroatoms. The average molecular weight is 258 g/mol. The van der Waals surface area contributed by atoms with E-state index < -0.39 is 0 Å². The van der Waals surface area contributed by atoms with Crippen molar-refractivity contribution < 1.29 is 14.3 Å². The van der Waals surface area contributed by atoms with Crippen LogP contribution in [-0.2, 0) is 6.61 Å². The Kier molecular flexibility index (Phi) is 2.81. The standard InChI is InChI=1S/C14H10O3S/c15-8-10-6-5-9(17-10)7-13-14(16)11-3-1-2-4-12(11)18-13/h1-7,15H,8H2/b13-7-. The third-order valence-corrected chi connectivity index (χ3v) is 3.79. The number of fused-ring (bicyclic) bond motifs is 1. The Morgan fingerprint density at radius 2 is 2.06 bits per heavy atom. The molecule has 0 aliphatic carbocycles. The Morgan fingerprint density at radius 1 is 1.22 bits per heavy atom. The maximum atomic E-state index is 12.1. The van der Waals surface area contributed by atoms with Crippen molar-refractivity contribution >= 4 is 23.6 Å². The maximum Gasteiger partial charge on any atom is 0.200 e. The number of hydrogen-bond donors (Lipinski definition) is 1. The van der Waals surface area contributed by atoms with Crippen LogP contribution in [0.15, 0.2) is 50.6 Å². The van der Waals surface area contributed by atoms with Gasteiger partial charge in [-0.1, -0.05) is 23.9 Å². The second-order valence-electron chi connectivity index (χ2n) is 3.90. The van der Waals surface area contributed by atoms with E-state index in [4.69, 9.17) is 9.52 Å². The summed E-state index contributed by atoms with van der Waals surface area (Å²) in [5, 5.41) is 8.92. The Bertz CT molecular complexity index is 640. The minimum Gasteiger partial charge on any atom is -0.459 e. The van der Waals surface area contributed by atoms with E-state index in [1.165, 1.54) is 11.8 Å². The number of carbonyl (C=O) groups excluding carboxylic acids is 1. The number of benzene rings is 1. The fourth-order valence-corrected chi connectivity index (χ4v) is 2.85. The van der Waals surface area contributed by atoms with Crippen molar-refractivity contribution in [3.05, 3.63) is 58.4 Å². The van der Waals surface area contributed by atoms with E-state index in [0.717, 1.165) is 10.5 Å². The highest BCUT2D eigenvalue weighted by Gasteiger charge is 2.25. The first kappa shape index (κ1) is 11.3. The summed E-state index contributed by atoms with van der Waals surface area (Å²) in [7, 11) is 0. The number of aliphatic hydroxyl groups excluding tert-OH is 1. The Labute approximate surface area is 108 Å². The van der Waals surface area contributed by atoms with E-state index >= 15 is 0 Å². The van der Waals surface area contributed by atoms with Gasteiger partial charge in [-0.3, -0.25) is 4.79 Å². The van der Waals surface area contributed by atoms with Gasteiger partial charge < -0.3 is 9.52 Å². The molecule has 2 aromatic rings. The smallest absolute Gasteiger partial charge is 0.200 e. The third kappa shape index (κ3) is 1.89. The van der Waals surface area contributed by atoms with Gasteiger partial charge in [-0.15, -0.1) is 0 Å². The van der Waals surface area contributed by atoms with Crippen LogP contribution in [0.4, 0.5) is 0 Å². The van der Waals surface area contributed by atoms with Crippen LogP contribution in [0.2, 0.25) is 0 Å². The monoisotopic (exact) mass is 258 g/mol. The molecule has 1 aliphatic heterocycles. The van der Waals surface area contributed by atoms with Crippen LogP contribution in [0.3, 0.4) is 0 Å². The lowest BCUT2D eigenvalue weighted by Gasteiger charge is -1.92. The topological polar surface area (TPSA) is 50.4 Å². The molecule has 0 radical (unpaired) electrons. The van der Waals surface area contributed by atoms with E-state index in [2.05, 4.69) is 0 Å². The van der Waals surface area contributed by atoms with Crippen LogP contribution >= 0.6 is 11.8 Å². The number of rotatable bonds is 2. The zero-order chi connectivity index (χ0) is 12.5. The van der Waals surface area contributed by atoms with Gasteiger partial charge >= 0.3 is 0 Å². The van der Waals surface area contributed by atoms with E-state index in [1.807, 2.05) is 24.3 Å². The molecule has 0 saturated carbocycles. The normalized spacial score (nSPS) is 16.3. The molecule has 0 unspecified atom stereocenters. The fraction of sp³-hybridized carbons (Fsp3) is 0.0714. The number of furan rings is 1. The van der Waals surface area contributed by atoms with E-state index in [0.29, 0.717) is 16.4 Å². The molecule has 0 atom stereocenters. The highest BCUT2D eigenvalue weighted by Crippen LogP contribution is 2.40. The van der Waals surface area contributed by atoms with Crippen molar-refractivity contribution in [1.29, 1.82) is 0 Å². The van der Waals surface area contributed by atoms with Crippen molar-refractivity contribution in [2.45, 2.75) is 11.5 Å². The van der Waals surface area contributed by atoms with Crippen molar-refractivity contribution in [2.24, 2.45) is 0 Å². The van der Waals surface area contributed by atoms with Gasteiger partial charge in [0.2, 0.25) is 5.78 Å². The lowest BCUT2D eigenvalue weighted by molar-refractivity contribution is 0.104. The zero-order valence-corrected chi connectivity index (χ0v) is 10.2. The fourth-order valence-electron chi connectivity index (χ4n) is 1.82. The Morgan fingerprint density at radius 3 is 2.78 bits per heavy atom. The quantitative estimate of drug-likeness (QED) is 0.841. The Hall–Kier alpha value is -1.78. The summed E-state index contributed by atoms with van der Waals surface area (Å²) in [6, 6.07) is 11.0. The molecule has 1 aromatic carbocycles. The second-order valence-corrected chi connectivity index (χ2v) is 4.98. The van der Waals surface area contributed by atoms with Gasteiger partial charge in [0.15, 0.2) is 0 Å². The molecule has 1 aromatic heterocycles. The highest BCUT2D eigenvalue weighted by atomic mass is 32.2. The minimum atomic E-state index is -0.134. The predicted molar refractivity (Wildman–Crippen MR) is 69.2 cm³/mol. The number of ketones is 1. The van der Waals surface area contributed by atoms with Crippen LogP contribution in [0, 0.1) is 0 Å². The summed E-state index contributed by atoms with van der Waals surface area (Å²) in [5.41, 5.74) is 0.739. The first-order valence-electron chi connectivity index (χ1n) is 5.51. The lowest BCUT2D eigenvalue weighted by Crippen LogP contribution is -1.93. The summed E-state index contributed by atoms with van der Waals surface area (Å²) >= 11 is 1.45. The summed E-state index contributed by atoms with van der Waals surface area (Å²) in [5.74, 6) is 1.11. The van der Waals surface area contributed by atoms with Crippen molar-refractivity contribution in [1.82, 2.24) is 0 Å². The molecule has 1 N–H and O–H groups in total. The van der Waals surface area contributed by atoms with Gasteiger partial charge in [-0.25, -0.2) is 0 Å². The molecule has 2 heterocycles. The largest absolute Gasteiger partial charge is 0.459 e. The van der Waals surface area contributed by atoms with Gasteiger partial charge in [-0.05, 0) is 30.3 Å². The van der Waals surface area contributed by atoms with E-state index in [1.54, 1.807) is 18.2 Å². The maximum absolute atomic E-state index is 12.1. The molecule has 1 aliphatic rings.